The third-order valence-corrected chi connectivity index (χ3v) is 11.5. The van der Waals surface area contributed by atoms with Gasteiger partial charge < -0.3 is 20.7 Å². The minimum absolute atomic E-state index is 0.127. The highest BCUT2D eigenvalue weighted by molar-refractivity contribution is 5.18. The molecule has 0 bridgehead atoms. The van der Waals surface area contributed by atoms with Crippen molar-refractivity contribution in [2.24, 2.45) is 46.2 Å². The lowest BCUT2D eigenvalue weighted by atomic mass is 9.41. The first-order valence-electron chi connectivity index (χ1n) is 13.5. The van der Waals surface area contributed by atoms with Crippen LogP contribution in [0, 0.1) is 40.4 Å². The van der Waals surface area contributed by atoms with Crippen molar-refractivity contribution >= 4 is 0 Å². The van der Waals surface area contributed by atoms with Gasteiger partial charge in [0, 0.05) is 12.6 Å². The van der Waals surface area contributed by atoms with E-state index in [2.05, 4.69) is 20.8 Å². The van der Waals surface area contributed by atoms with Crippen LogP contribution in [0.15, 0.2) is 0 Å². The molecule has 0 spiro atoms. The standard InChI is InChI=1S/C28H51NO3/c1-19(9-12-24(2,3)30)21-7-8-22-20-10-14-28(29)17-27(31,18-32-6)16-15-26(28,5)23(20)11-13-25(21,22)4/h19-23,30-31H,7-18,29H2,1-6H3/t19-,20+,21-,22+,23+,25-,26-,27+,28-/m1/s1. The van der Waals surface area contributed by atoms with Crippen molar-refractivity contribution in [3.8, 4) is 0 Å². The normalized spacial score (nSPS) is 49.8. The van der Waals surface area contributed by atoms with Gasteiger partial charge in [0.15, 0.2) is 0 Å². The lowest BCUT2D eigenvalue weighted by Crippen LogP contribution is -2.69. The van der Waals surface area contributed by atoms with E-state index in [9.17, 15) is 10.2 Å². The number of aliphatic hydroxyl groups is 2. The zero-order valence-electron chi connectivity index (χ0n) is 21.8. The first-order chi connectivity index (χ1) is 14.8. The highest BCUT2D eigenvalue weighted by Gasteiger charge is 2.65. The predicted molar refractivity (Wildman–Crippen MR) is 130 cm³/mol. The van der Waals surface area contributed by atoms with Gasteiger partial charge in [0.25, 0.3) is 0 Å². The van der Waals surface area contributed by atoms with Gasteiger partial charge >= 0.3 is 0 Å². The van der Waals surface area contributed by atoms with E-state index in [0.717, 1.165) is 49.9 Å². The molecular weight excluding hydrogens is 398 g/mol. The van der Waals surface area contributed by atoms with Crippen molar-refractivity contribution in [3.05, 3.63) is 0 Å². The van der Waals surface area contributed by atoms with Gasteiger partial charge in [-0.3, -0.25) is 0 Å². The summed E-state index contributed by atoms with van der Waals surface area (Å²) in [5, 5.41) is 21.4. The molecule has 0 aliphatic heterocycles. The Morgan fingerprint density at radius 3 is 2.41 bits per heavy atom. The van der Waals surface area contributed by atoms with Crippen LogP contribution in [0.5, 0.6) is 0 Å². The average molecular weight is 450 g/mol. The predicted octanol–water partition coefficient (Wildman–Crippen LogP) is 5.29. The molecular formula is C28H51NO3. The summed E-state index contributed by atoms with van der Waals surface area (Å²) in [5.74, 6) is 3.76. The number of nitrogens with two attached hydrogens (primary N) is 1. The van der Waals surface area contributed by atoms with Crippen molar-refractivity contribution in [3.63, 3.8) is 0 Å². The molecule has 186 valence electrons. The van der Waals surface area contributed by atoms with Crippen LogP contribution in [0.25, 0.3) is 0 Å². The Morgan fingerprint density at radius 2 is 1.75 bits per heavy atom. The van der Waals surface area contributed by atoms with Crippen molar-refractivity contribution in [2.45, 2.75) is 122 Å². The fourth-order valence-corrected chi connectivity index (χ4v) is 9.60. The molecule has 4 nitrogen and oxygen atoms in total. The van der Waals surface area contributed by atoms with Crippen LogP contribution < -0.4 is 5.73 Å². The second kappa shape index (κ2) is 8.21. The SMILES string of the molecule is COC[C@]1(O)CC[C@]2(C)[C@H]3CC[C@]4(C)[C@@H]([C@H](C)CCC(C)(C)O)CC[C@H]4[C@@H]3CC[C@@]2(N)C1. The molecule has 0 amide bonds. The van der Waals surface area contributed by atoms with Gasteiger partial charge in [-0.1, -0.05) is 20.8 Å². The number of fused-ring (bicyclic) bond motifs is 5. The summed E-state index contributed by atoms with van der Waals surface area (Å²) >= 11 is 0. The molecule has 32 heavy (non-hydrogen) atoms. The summed E-state index contributed by atoms with van der Waals surface area (Å²) in [6.07, 6.45) is 12.2. The molecule has 9 atom stereocenters. The average Bonchev–Trinajstić information content (AvgIpc) is 3.04. The first-order valence-corrected chi connectivity index (χ1v) is 13.5. The van der Waals surface area contributed by atoms with E-state index >= 15 is 0 Å². The third kappa shape index (κ3) is 3.99. The van der Waals surface area contributed by atoms with Crippen LogP contribution in [0.4, 0.5) is 0 Å². The highest BCUT2D eigenvalue weighted by Crippen LogP contribution is 2.69. The molecule has 0 saturated heterocycles. The van der Waals surface area contributed by atoms with Crippen LogP contribution in [0.1, 0.15) is 105 Å². The van der Waals surface area contributed by atoms with E-state index in [-0.39, 0.29) is 11.0 Å². The van der Waals surface area contributed by atoms with Crippen molar-refractivity contribution in [1.29, 1.82) is 0 Å². The van der Waals surface area contributed by atoms with Crippen LogP contribution in [0.2, 0.25) is 0 Å². The van der Waals surface area contributed by atoms with E-state index in [1.165, 1.54) is 32.1 Å². The third-order valence-electron chi connectivity index (χ3n) is 11.5. The molecule has 0 aromatic rings. The molecule has 4 saturated carbocycles. The van der Waals surface area contributed by atoms with Gasteiger partial charge in [0.2, 0.25) is 0 Å². The smallest absolute Gasteiger partial charge is 0.0897 e. The van der Waals surface area contributed by atoms with Crippen molar-refractivity contribution < 1.29 is 14.9 Å². The number of hydrogen-bond acceptors (Lipinski definition) is 4. The molecule has 0 aromatic carbocycles. The maximum atomic E-state index is 11.2. The monoisotopic (exact) mass is 449 g/mol. The van der Waals surface area contributed by atoms with E-state index in [1.807, 2.05) is 13.8 Å². The van der Waals surface area contributed by atoms with Gasteiger partial charge in [-0.25, -0.2) is 0 Å². The molecule has 4 heteroatoms. The Bertz CT molecular complexity index is 691. The Balaban J connectivity index is 1.51. The van der Waals surface area contributed by atoms with Crippen molar-refractivity contribution in [1.82, 2.24) is 0 Å². The number of ether oxygens (including phenoxy) is 1. The summed E-state index contributed by atoms with van der Waals surface area (Å²) in [7, 11) is 1.69. The summed E-state index contributed by atoms with van der Waals surface area (Å²) in [6.45, 7) is 11.8. The zero-order valence-corrected chi connectivity index (χ0v) is 21.8. The highest BCUT2D eigenvalue weighted by atomic mass is 16.5. The summed E-state index contributed by atoms with van der Waals surface area (Å²) < 4.78 is 5.37. The molecule has 0 aromatic heterocycles. The molecule has 4 aliphatic carbocycles. The molecule has 0 unspecified atom stereocenters. The van der Waals surface area contributed by atoms with E-state index in [0.29, 0.717) is 30.3 Å². The minimum atomic E-state index is -0.757. The number of rotatable bonds is 6. The Hall–Kier alpha value is -0.160. The second-order valence-corrected chi connectivity index (χ2v) is 13.9. The molecule has 4 fully saturated rings. The fraction of sp³-hybridized carbons (Fsp3) is 1.00. The zero-order chi connectivity index (χ0) is 23.6. The van der Waals surface area contributed by atoms with Crippen molar-refractivity contribution in [2.75, 3.05) is 13.7 Å². The number of hydrogen-bond donors (Lipinski definition) is 3. The van der Waals surface area contributed by atoms with Crippen LogP contribution in [-0.2, 0) is 4.74 Å². The maximum Gasteiger partial charge on any atom is 0.0897 e. The van der Waals surface area contributed by atoms with E-state index in [1.54, 1.807) is 7.11 Å². The molecule has 0 heterocycles. The maximum absolute atomic E-state index is 11.2. The topological polar surface area (TPSA) is 75.7 Å². The summed E-state index contributed by atoms with van der Waals surface area (Å²) in [4.78, 5) is 0. The Kier molecular flexibility index (Phi) is 6.40. The molecule has 4 aliphatic rings. The molecule has 4 N–H and O–H groups in total. The fourth-order valence-electron chi connectivity index (χ4n) is 9.60. The summed E-state index contributed by atoms with van der Waals surface area (Å²) in [5.41, 5.74) is 6.18. The second-order valence-electron chi connectivity index (χ2n) is 13.9. The van der Waals surface area contributed by atoms with E-state index in [4.69, 9.17) is 10.5 Å². The van der Waals surface area contributed by atoms with Gasteiger partial charge in [-0.05, 0) is 125 Å². The lowest BCUT2D eigenvalue weighted by Gasteiger charge is -2.66. The van der Waals surface area contributed by atoms with Gasteiger partial charge in [-0.2, -0.15) is 0 Å². The molecule has 0 radical (unpaired) electrons. The Labute approximate surface area is 197 Å². The summed E-state index contributed by atoms with van der Waals surface area (Å²) in [6, 6.07) is 0. The molecule has 4 rings (SSSR count). The van der Waals surface area contributed by atoms with Gasteiger partial charge in [0.1, 0.15) is 0 Å². The first kappa shape index (κ1) is 24.9. The largest absolute Gasteiger partial charge is 0.390 e. The van der Waals surface area contributed by atoms with Gasteiger partial charge in [0.05, 0.1) is 17.8 Å². The Morgan fingerprint density at radius 1 is 1.03 bits per heavy atom. The minimum Gasteiger partial charge on any atom is -0.390 e. The van der Waals surface area contributed by atoms with Crippen LogP contribution >= 0.6 is 0 Å². The van der Waals surface area contributed by atoms with Crippen LogP contribution in [-0.4, -0.2) is 40.7 Å². The van der Waals surface area contributed by atoms with E-state index < -0.39 is 11.2 Å². The van der Waals surface area contributed by atoms with Gasteiger partial charge in [-0.15, -0.1) is 0 Å². The quantitative estimate of drug-likeness (QED) is 0.515. The lowest BCUT2D eigenvalue weighted by molar-refractivity contribution is -0.173. The van der Waals surface area contributed by atoms with Crippen LogP contribution in [0.3, 0.4) is 0 Å². The number of methoxy groups -OCH3 is 1.